The van der Waals surface area contributed by atoms with Crippen molar-refractivity contribution in [2.24, 2.45) is 11.7 Å². The van der Waals surface area contributed by atoms with Gasteiger partial charge in [0.05, 0.1) is 4.99 Å². The summed E-state index contributed by atoms with van der Waals surface area (Å²) in [5, 5.41) is 0. The lowest BCUT2D eigenvalue weighted by molar-refractivity contribution is 0.327. The van der Waals surface area contributed by atoms with E-state index in [0.717, 1.165) is 19.3 Å². The quantitative estimate of drug-likeness (QED) is 0.723. The highest BCUT2D eigenvalue weighted by Gasteiger charge is 2.23. The lowest BCUT2D eigenvalue weighted by atomic mass is 9.88. The Labute approximate surface area is 96.7 Å². The van der Waals surface area contributed by atoms with Crippen LogP contribution in [0.1, 0.15) is 32.6 Å². The number of thiocarbonyl (C=S) groups is 1. The number of hydrogen-bond acceptors (Lipinski definition) is 3. The Morgan fingerprint density at radius 1 is 1.53 bits per heavy atom. The van der Waals surface area contributed by atoms with Gasteiger partial charge in [-0.15, -0.1) is 0 Å². The van der Waals surface area contributed by atoms with Crippen molar-refractivity contribution in [1.82, 2.24) is 4.72 Å². The van der Waals surface area contributed by atoms with E-state index in [9.17, 15) is 8.42 Å². The summed E-state index contributed by atoms with van der Waals surface area (Å²) in [6, 6.07) is 0.0631. The molecule has 1 saturated carbocycles. The number of nitrogens with one attached hydrogen (secondary N) is 1. The summed E-state index contributed by atoms with van der Waals surface area (Å²) in [5.74, 6) is 0.351. The third kappa shape index (κ3) is 4.90. The SMILES string of the molecule is CC1CCCC(NS(=O)(=O)CC(N)=S)C1. The third-order valence-corrected chi connectivity index (χ3v) is 4.33. The normalized spacial score (nSPS) is 27.5. The number of nitrogens with two attached hydrogens (primary N) is 1. The first-order chi connectivity index (χ1) is 6.89. The predicted octanol–water partition coefficient (Wildman–Crippen LogP) is 0.771. The van der Waals surface area contributed by atoms with Crippen LogP contribution in [0.2, 0.25) is 0 Å². The topological polar surface area (TPSA) is 72.2 Å². The molecule has 1 rings (SSSR count). The second-order valence-electron chi connectivity index (χ2n) is 4.31. The van der Waals surface area contributed by atoms with Crippen LogP contribution in [0.5, 0.6) is 0 Å². The van der Waals surface area contributed by atoms with Crippen molar-refractivity contribution in [1.29, 1.82) is 0 Å². The third-order valence-electron chi connectivity index (χ3n) is 2.61. The first-order valence-electron chi connectivity index (χ1n) is 5.17. The molecule has 3 N–H and O–H groups in total. The van der Waals surface area contributed by atoms with Gasteiger partial charge >= 0.3 is 0 Å². The molecule has 1 fully saturated rings. The first-order valence-corrected chi connectivity index (χ1v) is 7.23. The molecule has 0 aliphatic heterocycles. The van der Waals surface area contributed by atoms with E-state index in [0.29, 0.717) is 5.92 Å². The number of sulfonamides is 1. The smallest absolute Gasteiger partial charge is 0.218 e. The highest BCUT2D eigenvalue weighted by atomic mass is 32.2. The van der Waals surface area contributed by atoms with Gasteiger partial charge in [0, 0.05) is 6.04 Å². The van der Waals surface area contributed by atoms with E-state index in [-0.39, 0.29) is 16.8 Å². The zero-order chi connectivity index (χ0) is 11.5. The minimum atomic E-state index is -3.32. The summed E-state index contributed by atoms with van der Waals surface area (Å²) in [7, 11) is -3.32. The second kappa shape index (κ2) is 5.23. The largest absolute Gasteiger partial charge is 0.392 e. The van der Waals surface area contributed by atoms with Crippen molar-refractivity contribution < 1.29 is 8.42 Å². The molecule has 0 saturated heterocycles. The van der Waals surface area contributed by atoms with Gasteiger partial charge in [0.2, 0.25) is 10.0 Å². The van der Waals surface area contributed by atoms with Gasteiger partial charge in [-0.2, -0.15) is 0 Å². The van der Waals surface area contributed by atoms with Crippen molar-refractivity contribution >= 4 is 27.2 Å². The zero-order valence-electron chi connectivity index (χ0n) is 8.90. The fourth-order valence-corrected chi connectivity index (χ4v) is 3.67. The fourth-order valence-electron chi connectivity index (χ4n) is 2.02. The Balaban J connectivity index is 2.49. The molecule has 2 unspecified atom stereocenters. The highest BCUT2D eigenvalue weighted by molar-refractivity contribution is 7.92. The van der Waals surface area contributed by atoms with Crippen LogP contribution in [0.3, 0.4) is 0 Å². The lowest BCUT2D eigenvalue weighted by Gasteiger charge is -2.27. The van der Waals surface area contributed by atoms with Crippen LogP contribution in [-0.2, 0) is 10.0 Å². The van der Waals surface area contributed by atoms with Crippen LogP contribution in [0.15, 0.2) is 0 Å². The maximum absolute atomic E-state index is 11.5. The van der Waals surface area contributed by atoms with E-state index in [1.807, 2.05) is 0 Å². The Morgan fingerprint density at radius 3 is 2.73 bits per heavy atom. The van der Waals surface area contributed by atoms with Gasteiger partial charge in [0.15, 0.2) is 0 Å². The van der Waals surface area contributed by atoms with Gasteiger partial charge in [-0.25, -0.2) is 13.1 Å². The monoisotopic (exact) mass is 250 g/mol. The summed E-state index contributed by atoms with van der Waals surface area (Å²) in [6.07, 6.45) is 4.10. The van der Waals surface area contributed by atoms with Crippen LogP contribution in [0.4, 0.5) is 0 Å². The van der Waals surface area contributed by atoms with Gasteiger partial charge in [-0.05, 0) is 18.8 Å². The second-order valence-corrected chi connectivity index (χ2v) is 6.59. The molecular weight excluding hydrogens is 232 g/mol. The molecule has 0 aromatic heterocycles. The minimum absolute atomic E-state index is 0.0198. The first kappa shape index (κ1) is 12.9. The van der Waals surface area contributed by atoms with Gasteiger partial charge in [0.25, 0.3) is 0 Å². The summed E-state index contributed by atoms with van der Waals surface area (Å²) in [6.45, 7) is 2.15. The molecule has 4 nitrogen and oxygen atoms in total. The average Bonchev–Trinajstić information content (AvgIpc) is 1.99. The molecule has 1 aliphatic rings. The molecule has 0 bridgehead atoms. The maximum atomic E-state index is 11.5. The molecule has 88 valence electrons. The summed E-state index contributed by atoms with van der Waals surface area (Å²) in [4.78, 5) is 0.0198. The summed E-state index contributed by atoms with van der Waals surface area (Å²) < 4.78 is 25.7. The number of hydrogen-bond donors (Lipinski definition) is 2. The van der Waals surface area contributed by atoms with Crippen molar-refractivity contribution in [2.45, 2.75) is 38.6 Å². The molecule has 2 atom stereocenters. The molecular formula is C9H18N2O2S2. The fraction of sp³-hybridized carbons (Fsp3) is 0.889. The number of rotatable bonds is 4. The van der Waals surface area contributed by atoms with E-state index >= 15 is 0 Å². The van der Waals surface area contributed by atoms with Crippen LogP contribution in [0, 0.1) is 5.92 Å². The molecule has 0 aromatic carbocycles. The van der Waals surface area contributed by atoms with E-state index in [4.69, 9.17) is 5.73 Å². The van der Waals surface area contributed by atoms with E-state index in [2.05, 4.69) is 23.9 Å². The highest BCUT2D eigenvalue weighted by Crippen LogP contribution is 2.23. The van der Waals surface area contributed by atoms with Crippen LogP contribution in [-0.4, -0.2) is 25.2 Å². The predicted molar refractivity (Wildman–Crippen MR) is 65.1 cm³/mol. The molecule has 0 amide bonds. The van der Waals surface area contributed by atoms with Crippen LogP contribution >= 0.6 is 12.2 Å². The van der Waals surface area contributed by atoms with E-state index in [1.165, 1.54) is 6.42 Å². The maximum Gasteiger partial charge on any atom is 0.218 e. The molecule has 15 heavy (non-hydrogen) atoms. The molecule has 6 heteroatoms. The lowest BCUT2D eigenvalue weighted by Crippen LogP contribution is -2.41. The standard InChI is InChI=1S/C9H18N2O2S2/c1-7-3-2-4-8(5-7)11-15(12,13)6-9(10)14/h7-8,11H,2-6H2,1H3,(H2,10,14). The van der Waals surface area contributed by atoms with Crippen LogP contribution in [0.25, 0.3) is 0 Å². The average molecular weight is 250 g/mol. The molecule has 0 heterocycles. The minimum Gasteiger partial charge on any atom is -0.392 e. The Morgan fingerprint density at radius 2 is 2.20 bits per heavy atom. The van der Waals surface area contributed by atoms with Crippen molar-refractivity contribution in [2.75, 3.05) is 5.75 Å². The Kier molecular flexibility index (Phi) is 4.48. The summed E-state index contributed by atoms with van der Waals surface area (Å²) >= 11 is 4.59. The van der Waals surface area contributed by atoms with Gasteiger partial charge < -0.3 is 5.73 Å². The van der Waals surface area contributed by atoms with Crippen LogP contribution < -0.4 is 10.5 Å². The summed E-state index contributed by atoms with van der Waals surface area (Å²) in [5.41, 5.74) is 5.22. The van der Waals surface area contributed by atoms with Gasteiger partial charge in [0.1, 0.15) is 5.75 Å². The Bertz CT molecular complexity index is 327. The van der Waals surface area contributed by atoms with Crippen molar-refractivity contribution in [3.63, 3.8) is 0 Å². The van der Waals surface area contributed by atoms with E-state index < -0.39 is 10.0 Å². The molecule has 0 aromatic rings. The van der Waals surface area contributed by atoms with E-state index in [1.54, 1.807) is 0 Å². The molecule has 1 aliphatic carbocycles. The van der Waals surface area contributed by atoms with Crippen molar-refractivity contribution in [3.05, 3.63) is 0 Å². The van der Waals surface area contributed by atoms with Gasteiger partial charge in [-0.1, -0.05) is 32.0 Å². The molecule has 0 radical (unpaired) electrons. The zero-order valence-corrected chi connectivity index (χ0v) is 10.5. The Hall–Kier alpha value is -0.200. The van der Waals surface area contributed by atoms with Gasteiger partial charge in [-0.3, -0.25) is 0 Å². The van der Waals surface area contributed by atoms with Crippen molar-refractivity contribution in [3.8, 4) is 0 Å². The molecule has 0 spiro atoms.